The summed E-state index contributed by atoms with van der Waals surface area (Å²) in [5, 5.41) is 3.09. The van der Waals surface area contributed by atoms with Crippen LogP contribution in [0.5, 0.6) is 0 Å². The second kappa shape index (κ2) is 7.59. The molecule has 0 aromatic rings. The molecule has 1 N–H and O–H groups in total. The molecule has 2 atom stereocenters. The number of hydrogen-bond donors (Lipinski definition) is 1. The largest absolute Gasteiger partial charge is 0.378 e. The number of nitrogens with one attached hydrogen (secondary N) is 1. The van der Waals surface area contributed by atoms with Crippen molar-refractivity contribution in [3.63, 3.8) is 0 Å². The van der Waals surface area contributed by atoms with Crippen molar-refractivity contribution < 1.29 is 9.53 Å². The van der Waals surface area contributed by atoms with Crippen LogP contribution in [0.1, 0.15) is 58.8 Å². The zero-order chi connectivity index (χ0) is 15.3. The van der Waals surface area contributed by atoms with Crippen LogP contribution in [0.15, 0.2) is 0 Å². The van der Waals surface area contributed by atoms with Crippen LogP contribution in [0.4, 0.5) is 0 Å². The van der Waals surface area contributed by atoms with E-state index in [0.29, 0.717) is 24.5 Å². The predicted molar refractivity (Wildman–Crippen MR) is 85.3 cm³/mol. The summed E-state index contributed by atoms with van der Waals surface area (Å²) in [5.41, 5.74) is 0.264. The van der Waals surface area contributed by atoms with Crippen LogP contribution < -0.4 is 5.32 Å². The Morgan fingerprint density at radius 3 is 2.62 bits per heavy atom. The fourth-order valence-corrected chi connectivity index (χ4v) is 4.36. The van der Waals surface area contributed by atoms with Crippen molar-refractivity contribution >= 4 is 5.91 Å². The van der Waals surface area contributed by atoms with Crippen LogP contribution in [0, 0.1) is 5.41 Å². The van der Waals surface area contributed by atoms with Gasteiger partial charge < -0.3 is 15.0 Å². The van der Waals surface area contributed by atoms with Gasteiger partial charge in [0.15, 0.2) is 0 Å². The van der Waals surface area contributed by atoms with Crippen molar-refractivity contribution in [2.24, 2.45) is 5.41 Å². The minimum Gasteiger partial charge on any atom is -0.378 e. The van der Waals surface area contributed by atoms with Gasteiger partial charge in [-0.1, -0.05) is 19.8 Å². The normalized spacial score (nSPS) is 26.8. The van der Waals surface area contributed by atoms with Gasteiger partial charge in [0, 0.05) is 37.6 Å². The van der Waals surface area contributed by atoms with E-state index in [1.807, 2.05) is 7.05 Å². The number of carbonyl (C=O) groups excluding carboxylic acids is 1. The highest BCUT2D eigenvalue weighted by Gasteiger charge is 2.59. The lowest BCUT2D eigenvalue weighted by Gasteiger charge is -2.57. The molecule has 0 bridgehead atoms. The molecule has 0 aliphatic heterocycles. The maximum Gasteiger partial charge on any atom is 0.224 e. The Kier molecular flexibility index (Phi) is 6.06. The summed E-state index contributed by atoms with van der Waals surface area (Å²) in [4.78, 5) is 14.8. The SMILES string of the molecule is CCCN(C(=O)CCNC)C1CC(OCC)C12CCCC2. The van der Waals surface area contributed by atoms with E-state index in [9.17, 15) is 4.79 Å². The highest BCUT2D eigenvalue weighted by atomic mass is 16.5. The zero-order valence-electron chi connectivity index (χ0n) is 14.0. The van der Waals surface area contributed by atoms with Gasteiger partial charge in [0.05, 0.1) is 6.10 Å². The van der Waals surface area contributed by atoms with Gasteiger partial charge >= 0.3 is 0 Å². The first kappa shape index (κ1) is 16.8. The number of ether oxygens (including phenoxy) is 1. The van der Waals surface area contributed by atoms with Gasteiger partial charge in [-0.3, -0.25) is 4.79 Å². The molecule has 2 rings (SSSR count). The average molecular weight is 296 g/mol. The minimum atomic E-state index is 0.264. The maximum absolute atomic E-state index is 12.6. The van der Waals surface area contributed by atoms with Crippen LogP contribution in [-0.2, 0) is 9.53 Å². The molecule has 0 aromatic heterocycles. The molecule has 1 spiro atoms. The van der Waals surface area contributed by atoms with Crippen molar-refractivity contribution in [1.82, 2.24) is 10.2 Å². The van der Waals surface area contributed by atoms with Gasteiger partial charge in [0.25, 0.3) is 0 Å². The molecule has 1 amide bonds. The Morgan fingerprint density at radius 2 is 2.05 bits per heavy atom. The van der Waals surface area contributed by atoms with Gasteiger partial charge in [-0.25, -0.2) is 0 Å². The van der Waals surface area contributed by atoms with Gasteiger partial charge in [0.2, 0.25) is 5.91 Å². The lowest BCUT2D eigenvalue weighted by Crippen LogP contribution is -2.65. The second-order valence-electron chi connectivity index (χ2n) is 6.58. The highest BCUT2D eigenvalue weighted by Crippen LogP contribution is 2.56. The Bertz CT molecular complexity index is 340. The third-order valence-corrected chi connectivity index (χ3v) is 5.39. The smallest absolute Gasteiger partial charge is 0.224 e. The highest BCUT2D eigenvalue weighted by molar-refractivity contribution is 5.77. The molecule has 0 heterocycles. The topological polar surface area (TPSA) is 41.6 Å². The summed E-state index contributed by atoms with van der Waals surface area (Å²) < 4.78 is 5.98. The number of rotatable bonds is 8. The standard InChI is InChI=1S/C17H32N2O2/c1-4-12-19(16(20)8-11-18-3)14-13-15(21-5-2)17(14)9-6-7-10-17/h14-15,18H,4-13H2,1-3H3. The summed E-state index contributed by atoms with van der Waals surface area (Å²) in [6, 6.07) is 0.417. The van der Waals surface area contributed by atoms with Crippen LogP contribution in [-0.4, -0.2) is 49.7 Å². The average Bonchev–Trinajstić information content (AvgIpc) is 2.99. The van der Waals surface area contributed by atoms with E-state index in [1.54, 1.807) is 0 Å². The Balaban J connectivity index is 2.07. The molecule has 2 aliphatic carbocycles. The first-order valence-electron chi connectivity index (χ1n) is 8.75. The Labute approximate surface area is 129 Å². The molecule has 0 radical (unpaired) electrons. The van der Waals surface area contributed by atoms with Crippen LogP contribution in [0.25, 0.3) is 0 Å². The number of amides is 1. The molecule has 0 saturated heterocycles. The van der Waals surface area contributed by atoms with E-state index < -0.39 is 0 Å². The Morgan fingerprint density at radius 1 is 1.33 bits per heavy atom. The summed E-state index contributed by atoms with van der Waals surface area (Å²) in [6.07, 6.45) is 8.14. The maximum atomic E-state index is 12.6. The molecular weight excluding hydrogens is 264 g/mol. The first-order chi connectivity index (χ1) is 10.2. The first-order valence-corrected chi connectivity index (χ1v) is 8.75. The molecule has 4 nitrogen and oxygen atoms in total. The molecule has 2 aliphatic rings. The van der Waals surface area contributed by atoms with Gasteiger partial charge in [-0.05, 0) is 39.7 Å². The van der Waals surface area contributed by atoms with Crippen molar-refractivity contribution in [1.29, 1.82) is 0 Å². The third-order valence-electron chi connectivity index (χ3n) is 5.39. The van der Waals surface area contributed by atoms with Crippen molar-refractivity contribution in [3.8, 4) is 0 Å². The van der Waals surface area contributed by atoms with Crippen LogP contribution >= 0.6 is 0 Å². The van der Waals surface area contributed by atoms with Crippen molar-refractivity contribution in [3.05, 3.63) is 0 Å². The van der Waals surface area contributed by atoms with Gasteiger partial charge in [-0.2, -0.15) is 0 Å². The number of nitrogens with zero attached hydrogens (tertiary/aromatic N) is 1. The molecule has 2 fully saturated rings. The number of carbonyl (C=O) groups is 1. The molecule has 21 heavy (non-hydrogen) atoms. The van der Waals surface area contributed by atoms with Gasteiger partial charge in [0.1, 0.15) is 0 Å². The van der Waals surface area contributed by atoms with Crippen LogP contribution in [0.3, 0.4) is 0 Å². The predicted octanol–water partition coefficient (Wildman–Crippen LogP) is 2.57. The quantitative estimate of drug-likeness (QED) is 0.748. The third kappa shape index (κ3) is 3.26. The zero-order valence-corrected chi connectivity index (χ0v) is 14.0. The monoisotopic (exact) mass is 296 g/mol. The molecule has 2 unspecified atom stereocenters. The van der Waals surface area contributed by atoms with E-state index in [0.717, 1.165) is 32.5 Å². The molecule has 4 heteroatoms. The number of hydrogen-bond acceptors (Lipinski definition) is 3. The fourth-order valence-electron chi connectivity index (χ4n) is 4.36. The summed E-state index contributed by atoms with van der Waals surface area (Å²) in [5.74, 6) is 0.317. The van der Waals surface area contributed by atoms with E-state index in [-0.39, 0.29) is 5.41 Å². The lowest BCUT2D eigenvalue weighted by atomic mass is 9.59. The minimum absolute atomic E-state index is 0.264. The van der Waals surface area contributed by atoms with E-state index in [4.69, 9.17) is 4.74 Å². The Hall–Kier alpha value is -0.610. The summed E-state index contributed by atoms with van der Waals surface area (Å²) in [6.45, 7) is 6.71. The molecular formula is C17H32N2O2. The fraction of sp³-hybridized carbons (Fsp3) is 0.941. The van der Waals surface area contributed by atoms with Crippen molar-refractivity contribution in [2.75, 3.05) is 26.7 Å². The second-order valence-corrected chi connectivity index (χ2v) is 6.58. The lowest BCUT2D eigenvalue weighted by molar-refractivity contribution is -0.176. The summed E-state index contributed by atoms with van der Waals surface area (Å²) in [7, 11) is 1.91. The molecule has 2 saturated carbocycles. The molecule has 122 valence electrons. The van der Waals surface area contributed by atoms with E-state index in [2.05, 4.69) is 24.1 Å². The van der Waals surface area contributed by atoms with Crippen LogP contribution in [0.2, 0.25) is 0 Å². The van der Waals surface area contributed by atoms with Gasteiger partial charge in [-0.15, -0.1) is 0 Å². The van der Waals surface area contributed by atoms with Crippen molar-refractivity contribution in [2.45, 2.75) is 70.9 Å². The summed E-state index contributed by atoms with van der Waals surface area (Å²) >= 11 is 0. The molecule has 0 aromatic carbocycles. The van der Waals surface area contributed by atoms with E-state index in [1.165, 1.54) is 25.7 Å². The van der Waals surface area contributed by atoms with E-state index >= 15 is 0 Å².